The van der Waals surface area contributed by atoms with Crippen LogP contribution >= 0.6 is 7.82 Å². The Kier molecular flexibility index (Phi) is 26.5. The second kappa shape index (κ2) is 11.7. The molecule has 72 valence electrons. The predicted molar refractivity (Wildman–Crippen MR) is 29.4 cm³/mol. The Balaban J connectivity index is -0.0000000267. The van der Waals surface area contributed by atoms with Crippen LogP contribution in [0.25, 0.3) is 0 Å². The molecule has 0 aliphatic carbocycles. The summed E-state index contributed by atoms with van der Waals surface area (Å²) in [6, 6.07) is 0. The molecule has 0 atom stereocenters. The third kappa shape index (κ3) is 674. The summed E-state index contributed by atoms with van der Waals surface area (Å²) in [5.74, 6) is 0. The third-order valence-electron chi connectivity index (χ3n) is 0. The van der Waals surface area contributed by atoms with Gasteiger partial charge in [-0.25, -0.2) is 4.57 Å². The van der Waals surface area contributed by atoms with Crippen molar-refractivity contribution < 1.29 is 73.5 Å². The van der Waals surface area contributed by atoms with Gasteiger partial charge in [0.1, 0.15) is 0 Å². The fraction of sp³-hybridized carbons (Fsp3) is 0. The number of hydrogen-bond acceptors (Lipinski definition) is 5. The van der Waals surface area contributed by atoms with Crippen molar-refractivity contribution in [1.82, 2.24) is 0 Å². The van der Waals surface area contributed by atoms with Crippen LogP contribution in [0.3, 0.4) is 0 Å². The molecule has 13 heavy (non-hydrogen) atoms. The molecule has 0 bridgehead atoms. The first-order valence-electron chi connectivity index (χ1n) is 1.60. The van der Waals surface area contributed by atoms with Gasteiger partial charge in [-0.1, -0.05) is 0 Å². The van der Waals surface area contributed by atoms with E-state index in [1.54, 1.807) is 0 Å². The zero-order valence-corrected chi connectivity index (χ0v) is 11.5. The second-order valence-corrected chi connectivity index (χ2v) is 3.04. The summed E-state index contributed by atoms with van der Waals surface area (Å²) in [4.78, 5) is 55.9. The molecule has 0 aliphatic rings. The summed E-state index contributed by atoms with van der Waals surface area (Å²) in [5.41, 5.74) is 0. The maximum Gasteiger partial charge on any atom is 3.00 e. The molecule has 0 spiro atoms. The molecule has 0 fully saturated rings. The van der Waals surface area contributed by atoms with Crippen LogP contribution in [0, 0.1) is 0 Å². The van der Waals surface area contributed by atoms with E-state index in [-0.39, 0.29) is 52.4 Å². The van der Waals surface area contributed by atoms with E-state index in [2.05, 4.69) is 0 Å². The summed E-state index contributed by atoms with van der Waals surface area (Å²) in [7, 11) is -10.2. The van der Waals surface area contributed by atoms with Crippen LogP contribution in [-0.4, -0.2) is 46.6 Å². The zero-order valence-electron chi connectivity index (χ0n) is 6.41. The van der Waals surface area contributed by atoms with E-state index in [0.717, 1.165) is 0 Å². The molecule has 0 heterocycles. The van der Waals surface area contributed by atoms with Gasteiger partial charge in [-0.15, -0.1) is 0 Å². The predicted octanol–water partition coefficient (Wildman–Crippen LogP) is -10.3. The van der Waals surface area contributed by atoms with Crippen molar-refractivity contribution in [3.63, 3.8) is 0 Å². The minimum atomic E-state index is -5.61. The molecule has 0 unspecified atom stereocenters. The average Bonchev–Trinajstić information content (AvgIpc) is 1.12. The topological polar surface area (TPSA) is 202 Å². The first-order chi connectivity index (χ1) is 4.00. The Hall–Kier alpha value is 1.66. The van der Waals surface area contributed by atoms with Crippen LogP contribution in [0.1, 0.15) is 0 Å². The van der Waals surface area contributed by atoms with Crippen molar-refractivity contribution in [3.05, 3.63) is 0 Å². The molecule has 9 nitrogen and oxygen atoms in total. The Morgan fingerprint density at radius 1 is 1.00 bits per heavy atom. The van der Waals surface area contributed by atoms with Crippen molar-refractivity contribution in [2.75, 3.05) is 0 Å². The average molecular weight is 258 g/mol. The van der Waals surface area contributed by atoms with E-state index in [1.165, 1.54) is 0 Å². The molecule has 0 saturated heterocycles. The van der Waals surface area contributed by atoms with Gasteiger partial charge in [-0.05, 0) is 0 Å². The summed E-state index contributed by atoms with van der Waals surface area (Å²) in [6.07, 6.45) is 0. The van der Waals surface area contributed by atoms with Gasteiger partial charge in [-0.2, -0.15) is 0 Å². The van der Waals surface area contributed by atoms with Crippen LogP contribution in [-0.2, 0) is 4.57 Å². The second-order valence-electron chi connectivity index (χ2n) is 1.01. The van der Waals surface area contributed by atoms with E-state index in [9.17, 15) is 0 Å². The number of hydrogen-bond donors (Lipinski definition) is 3. The van der Waals surface area contributed by atoms with E-state index in [0.29, 0.717) is 0 Å². The molecule has 0 aromatic carbocycles. The van der Waals surface area contributed by atoms with Crippen LogP contribution in [0.4, 0.5) is 0 Å². The Morgan fingerprint density at radius 2 is 1.00 bits per heavy atom. The van der Waals surface area contributed by atoms with Crippen molar-refractivity contribution in [3.8, 4) is 0 Å². The quantitative estimate of drug-likeness (QED) is 0.280. The van der Waals surface area contributed by atoms with E-state index >= 15 is 0 Å². The Bertz CT molecular complexity index is 112. The molecule has 0 amide bonds. The number of rotatable bonds is 0. The molecule has 0 aromatic heterocycles. The van der Waals surface area contributed by atoms with Gasteiger partial charge in [0.05, 0.1) is 0 Å². The van der Waals surface area contributed by atoms with Crippen LogP contribution < -0.4 is 48.7 Å². The molecule has 0 aromatic rings. The fourth-order valence-corrected chi connectivity index (χ4v) is 0. The molecule has 0 radical (unpaired) electrons. The van der Waals surface area contributed by atoms with Crippen LogP contribution in [0.5, 0.6) is 0 Å². The van der Waals surface area contributed by atoms with Gasteiger partial charge in [0.25, 0.3) is 0 Å². The van der Waals surface area contributed by atoms with Gasteiger partial charge >= 0.3 is 54.7 Å². The largest absolute Gasteiger partial charge is 3.00 e. The van der Waals surface area contributed by atoms with Crippen LogP contribution in [0.15, 0.2) is 0 Å². The first kappa shape index (κ1) is 29.3. The molecular formula is H5AlNaO9PSi. The van der Waals surface area contributed by atoms with Crippen molar-refractivity contribution >= 4 is 34.2 Å². The van der Waals surface area contributed by atoms with Gasteiger partial charge in [-0.3, -0.25) is 0 Å². The SMILES string of the molecule is O.O=P(O)(O)O.[Al+3].[Na+].[O-][Si]([O-])([O-])[O-]. The van der Waals surface area contributed by atoms with Gasteiger partial charge in [0, 0.05) is 0 Å². The molecule has 13 heteroatoms. The summed E-state index contributed by atoms with van der Waals surface area (Å²) in [6.45, 7) is 0. The van der Waals surface area contributed by atoms with Crippen molar-refractivity contribution in [1.29, 1.82) is 0 Å². The molecular weight excluding hydrogens is 253 g/mol. The van der Waals surface area contributed by atoms with Gasteiger partial charge in [0.15, 0.2) is 0 Å². The Morgan fingerprint density at radius 3 is 1.00 bits per heavy atom. The van der Waals surface area contributed by atoms with E-state index in [1.807, 2.05) is 0 Å². The molecule has 0 rings (SSSR count). The molecule has 5 N–H and O–H groups in total. The van der Waals surface area contributed by atoms with Gasteiger partial charge < -0.3 is 48.4 Å². The smallest absolute Gasteiger partial charge is 0.894 e. The molecule has 0 saturated carbocycles. The fourth-order valence-electron chi connectivity index (χ4n) is 0. The Labute approximate surface area is 107 Å². The third-order valence-corrected chi connectivity index (χ3v) is 0. The zero-order chi connectivity index (χ0) is 9.00. The van der Waals surface area contributed by atoms with Crippen molar-refractivity contribution in [2.45, 2.75) is 0 Å². The first-order valence-corrected chi connectivity index (χ1v) is 4.80. The maximum atomic E-state index is 8.88. The van der Waals surface area contributed by atoms with Crippen molar-refractivity contribution in [2.24, 2.45) is 0 Å². The summed E-state index contributed by atoms with van der Waals surface area (Å²) in [5, 5.41) is 0. The monoisotopic (exact) mass is 258 g/mol. The minimum absolute atomic E-state index is 0. The van der Waals surface area contributed by atoms with Crippen LogP contribution in [0.2, 0.25) is 0 Å². The van der Waals surface area contributed by atoms with Gasteiger partial charge in [0.2, 0.25) is 0 Å². The summed E-state index contributed by atoms with van der Waals surface area (Å²) < 4.78 is 8.88. The normalized spacial score (nSPS) is 9.15. The van der Waals surface area contributed by atoms with E-state index in [4.69, 9.17) is 38.4 Å². The standard InChI is InChI=1S/Al.Na.H3O4P.O4Si.H2O/c;;2*1-5(2,3)4;/h;;(H3,1,2,3,4);;1H2/q+3;+1;;-4;. The maximum absolute atomic E-state index is 8.88. The van der Waals surface area contributed by atoms with E-state index < -0.39 is 16.9 Å². The summed E-state index contributed by atoms with van der Waals surface area (Å²) >= 11 is 0. The molecule has 0 aliphatic heterocycles. The number of phosphoric acid groups is 1. The minimum Gasteiger partial charge on any atom is -0.894 e.